The minimum absolute atomic E-state index is 0.142. The molecule has 5 nitrogen and oxygen atoms in total. The largest absolute Gasteiger partial charge is 0.481 e. The fourth-order valence-electron chi connectivity index (χ4n) is 2.59. The zero-order valence-corrected chi connectivity index (χ0v) is 14.5. The molecule has 0 heterocycles. The Hall–Kier alpha value is -0.940. The van der Waals surface area contributed by atoms with Gasteiger partial charge in [-0.05, 0) is 19.3 Å². The lowest BCUT2D eigenvalue weighted by atomic mass is 9.99. The molecule has 0 aliphatic rings. The van der Waals surface area contributed by atoms with Crippen molar-refractivity contribution in [2.75, 3.05) is 0 Å². The van der Waals surface area contributed by atoms with Gasteiger partial charge in [0.2, 0.25) is 0 Å². The Morgan fingerprint density at radius 3 is 2.00 bits per heavy atom. The standard InChI is InChI=1S/C18H34O5/c1-2-3-4-8-11-15(19)14-17(21)16(20)12-9-6-5-7-10-13-18(22)23/h15,17,19,21H,2-14H2,1H3,(H,22,23)/t15-,17?/m1/s1. The third-order valence-electron chi connectivity index (χ3n) is 4.07. The molecular formula is C18H34O5. The van der Waals surface area contributed by atoms with Crippen molar-refractivity contribution in [1.29, 1.82) is 0 Å². The molecule has 5 heteroatoms. The van der Waals surface area contributed by atoms with Gasteiger partial charge in [-0.2, -0.15) is 0 Å². The van der Waals surface area contributed by atoms with Gasteiger partial charge >= 0.3 is 5.97 Å². The summed E-state index contributed by atoms with van der Waals surface area (Å²) in [5, 5.41) is 28.1. The summed E-state index contributed by atoms with van der Waals surface area (Å²) in [5.74, 6) is -0.959. The Balaban J connectivity index is 3.59. The Bertz CT molecular complexity index is 317. The average molecular weight is 330 g/mol. The van der Waals surface area contributed by atoms with Crippen molar-refractivity contribution in [1.82, 2.24) is 0 Å². The summed E-state index contributed by atoms with van der Waals surface area (Å²) < 4.78 is 0. The first kappa shape index (κ1) is 22.1. The molecule has 0 aliphatic heterocycles. The van der Waals surface area contributed by atoms with Crippen molar-refractivity contribution in [3.63, 3.8) is 0 Å². The molecule has 0 saturated carbocycles. The zero-order chi connectivity index (χ0) is 17.5. The van der Waals surface area contributed by atoms with Gasteiger partial charge in [-0.1, -0.05) is 51.9 Å². The molecule has 0 aromatic rings. The van der Waals surface area contributed by atoms with Crippen LogP contribution in [0.1, 0.15) is 90.4 Å². The molecule has 3 N–H and O–H groups in total. The first-order chi connectivity index (χ1) is 11.0. The molecule has 0 aromatic heterocycles. The summed E-state index contributed by atoms with van der Waals surface area (Å²) in [7, 11) is 0. The SMILES string of the molecule is CCCCCC[C@@H](O)CC(O)C(=O)CCCCCCCC(=O)O. The Morgan fingerprint density at radius 2 is 1.39 bits per heavy atom. The number of carboxylic acids is 1. The third kappa shape index (κ3) is 14.4. The summed E-state index contributed by atoms with van der Waals surface area (Å²) in [5.41, 5.74) is 0. The van der Waals surface area contributed by atoms with E-state index in [1.807, 2.05) is 0 Å². The van der Waals surface area contributed by atoms with E-state index in [1.165, 1.54) is 0 Å². The number of unbranched alkanes of at least 4 members (excludes halogenated alkanes) is 7. The van der Waals surface area contributed by atoms with E-state index in [4.69, 9.17) is 5.11 Å². The van der Waals surface area contributed by atoms with Crippen LogP contribution in [0.3, 0.4) is 0 Å². The van der Waals surface area contributed by atoms with E-state index in [2.05, 4.69) is 6.92 Å². The highest BCUT2D eigenvalue weighted by Crippen LogP contribution is 2.13. The van der Waals surface area contributed by atoms with Crippen LogP contribution in [0.5, 0.6) is 0 Å². The van der Waals surface area contributed by atoms with Crippen molar-refractivity contribution in [2.45, 2.75) is 103 Å². The molecule has 1 unspecified atom stereocenters. The number of Topliss-reactive ketones (excluding diaryl/α,β-unsaturated/α-hetero) is 1. The number of carbonyl (C=O) groups is 2. The van der Waals surface area contributed by atoms with Crippen LogP contribution in [0.2, 0.25) is 0 Å². The number of hydrogen-bond donors (Lipinski definition) is 3. The maximum atomic E-state index is 11.8. The van der Waals surface area contributed by atoms with Gasteiger partial charge in [0, 0.05) is 19.3 Å². The molecule has 0 amide bonds. The maximum absolute atomic E-state index is 11.8. The van der Waals surface area contributed by atoms with E-state index >= 15 is 0 Å². The molecule has 0 fully saturated rings. The van der Waals surface area contributed by atoms with Crippen LogP contribution in [0.15, 0.2) is 0 Å². The van der Waals surface area contributed by atoms with E-state index < -0.39 is 18.2 Å². The lowest BCUT2D eigenvalue weighted by Crippen LogP contribution is -2.25. The van der Waals surface area contributed by atoms with Crippen molar-refractivity contribution in [3.8, 4) is 0 Å². The Kier molecular flexibility index (Phi) is 14.0. The van der Waals surface area contributed by atoms with Crippen LogP contribution in [-0.2, 0) is 9.59 Å². The van der Waals surface area contributed by atoms with Crippen LogP contribution < -0.4 is 0 Å². The van der Waals surface area contributed by atoms with Gasteiger partial charge in [0.25, 0.3) is 0 Å². The monoisotopic (exact) mass is 330 g/mol. The van der Waals surface area contributed by atoms with Gasteiger partial charge in [-0.15, -0.1) is 0 Å². The first-order valence-electron chi connectivity index (χ1n) is 9.08. The topological polar surface area (TPSA) is 94.8 Å². The van der Waals surface area contributed by atoms with E-state index in [0.717, 1.165) is 51.4 Å². The number of aliphatic hydroxyl groups excluding tert-OH is 2. The average Bonchev–Trinajstić information content (AvgIpc) is 2.50. The normalized spacial score (nSPS) is 13.7. The van der Waals surface area contributed by atoms with Crippen LogP contribution in [0.4, 0.5) is 0 Å². The van der Waals surface area contributed by atoms with Crippen molar-refractivity contribution >= 4 is 11.8 Å². The van der Waals surface area contributed by atoms with Gasteiger partial charge in [0.05, 0.1) is 6.10 Å². The number of aliphatic hydroxyl groups is 2. The van der Waals surface area contributed by atoms with E-state index in [-0.39, 0.29) is 18.6 Å². The van der Waals surface area contributed by atoms with Crippen molar-refractivity contribution in [2.24, 2.45) is 0 Å². The predicted molar refractivity (Wildman–Crippen MR) is 90.4 cm³/mol. The van der Waals surface area contributed by atoms with Crippen LogP contribution >= 0.6 is 0 Å². The number of carboxylic acid groups (broad SMARTS) is 1. The number of ketones is 1. The minimum Gasteiger partial charge on any atom is -0.481 e. The minimum atomic E-state index is -1.05. The lowest BCUT2D eigenvalue weighted by molar-refractivity contribution is -0.137. The highest BCUT2D eigenvalue weighted by Gasteiger charge is 2.18. The molecule has 2 atom stereocenters. The van der Waals surface area contributed by atoms with Crippen LogP contribution in [-0.4, -0.2) is 39.3 Å². The number of aliphatic carboxylic acids is 1. The highest BCUT2D eigenvalue weighted by atomic mass is 16.4. The van der Waals surface area contributed by atoms with E-state index in [0.29, 0.717) is 19.3 Å². The second kappa shape index (κ2) is 14.6. The summed E-state index contributed by atoms with van der Waals surface area (Å²) in [6, 6.07) is 0. The van der Waals surface area contributed by atoms with Crippen molar-refractivity contribution in [3.05, 3.63) is 0 Å². The second-order valence-electron chi connectivity index (χ2n) is 6.38. The predicted octanol–water partition coefficient (Wildman–Crippen LogP) is 3.45. The molecule has 0 aliphatic carbocycles. The maximum Gasteiger partial charge on any atom is 0.303 e. The first-order valence-corrected chi connectivity index (χ1v) is 9.08. The summed E-state index contributed by atoms with van der Waals surface area (Å²) >= 11 is 0. The fraction of sp³-hybridized carbons (Fsp3) is 0.889. The number of carbonyl (C=O) groups excluding carboxylic acids is 1. The van der Waals surface area contributed by atoms with Gasteiger partial charge in [-0.25, -0.2) is 0 Å². The Labute approximate surface area is 140 Å². The molecule has 0 bridgehead atoms. The van der Waals surface area contributed by atoms with Gasteiger partial charge < -0.3 is 15.3 Å². The quantitative estimate of drug-likeness (QED) is 0.377. The molecule has 136 valence electrons. The molecule has 0 radical (unpaired) electrons. The van der Waals surface area contributed by atoms with E-state index in [1.54, 1.807) is 0 Å². The molecular weight excluding hydrogens is 296 g/mol. The number of rotatable bonds is 16. The van der Waals surface area contributed by atoms with Crippen LogP contribution in [0.25, 0.3) is 0 Å². The van der Waals surface area contributed by atoms with Gasteiger partial charge in [0.15, 0.2) is 5.78 Å². The molecule has 0 aromatic carbocycles. The summed E-state index contributed by atoms with van der Waals surface area (Å²) in [6.45, 7) is 2.13. The van der Waals surface area contributed by atoms with Crippen molar-refractivity contribution < 1.29 is 24.9 Å². The smallest absolute Gasteiger partial charge is 0.303 e. The van der Waals surface area contributed by atoms with E-state index in [9.17, 15) is 19.8 Å². The highest BCUT2D eigenvalue weighted by molar-refractivity contribution is 5.82. The third-order valence-corrected chi connectivity index (χ3v) is 4.07. The molecule has 0 saturated heterocycles. The number of hydrogen-bond acceptors (Lipinski definition) is 4. The molecule has 0 spiro atoms. The molecule has 0 rings (SSSR count). The Morgan fingerprint density at radius 1 is 0.826 bits per heavy atom. The van der Waals surface area contributed by atoms with Gasteiger partial charge in [-0.3, -0.25) is 9.59 Å². The van der Waals surface area contributed by atoms with Gasteiger partial charge in [0.1, 0.15) is 6.10 Å². The fourth-order valence-corrected chi connectivity index (χ4v) is 2.59. The zero-order valence-electron chi connectivity index (χ0n) is 14.5. The summed E-state index contributed by atoms with van der Waals surface area (Å²) in [4.78, 5) is 22.1. The van der Waals surface area contributed by atoms with Crippen LogP contribution in [0, 0.1) is 0 Å². The second-order valence-corrected chi connectivity index (χ2v) is 6.38. The molecule has 23 heavy (non-hydrogen) atoms. The lowest BCUT2D eigenvalue weighted by Gasteiger charge is -2.14. The summed E-state index contributed by atoms with van der Waals surface area (Å²) in [6.07, 6.45) is 8.04.